The molecule has 5 heteroatoms. The summed E-state index contributed by atoms with van der Waals surface area (Å²) in [6.45, 7) is 26.0. The van der Waals surface area contributed by atoms with Crippen molar-refractivity contribution in [3.05, 3.63) is 185 Å². The third-order valence-electron chi connectivity index (χ3n) is 16.6. The third-order valence-corrected chi connectivity index (χ3v) is 16.6. The first-order valence-electron chi connectivity index (χ1n) is 25.8. The molecule has 0 fully saturated rings. The fourth-order valence-electron chi connectivity index (χ4n) is 13.1. The van der Waals surface area contributed by atoms with Gasteiger partial charge >= 0.3 is 0 Å². The molecule has 0 spiro atoms. The van der Waals surface area contributed by atoms with E-state index in [4.69, 9.17) is 4.42 Å². The lowest BCUT2D eigenvalue weighted by atomic mass is 9.29. The van der Waals surface area contributed by atoms with E-state index in [1.54, 1.807) is 0 Å². The molecule has 0 N–H and O–H groups in total. The van der Waals surface area contributed by atoms with E-state index in [0.717, 1.165) is 64.0 Å². The molecule has 6 aromatic carbocycles. The molecule has 2 aromatic heterocycles. The monoisotopic (exact) mass is 914 g/mol. The van der Waals surface area contributed by atoms with Crippen LogP contribution in [0.4, 0.5) is 28.4 Å². The first-order chi connectivity index (χ1) is 33.4. The van der Waals surface area contributed by atoms with E-state index in [0.29, 0.717) is 0 Å². The molecule has 0 bridgehead atoms. The molecule has 0 saturated heterocycles. The highest BCUT2D eigenvalue weighted by Crippen LogP contribution is 2.58. The van der Waals surface area contributed by atoms with Gasteiger partial charge < -0.3 is 18.8 Å². The molecule has 70 heavy (non-hydrogen) atoms. The highest BCUT2D eigenvalue weighted by molar-refractivity contribution is 6.91. The Morgan fingerprint density at radius 2 is 1.24 bits per heavy atom. The summed E-state index contributed by atoms with van der Waals surface area (Å²) < 4.78 is 9.78. The van der Waals surface area contributed by atoms with Crippen molar-refractivity contribution in [3.63, 3.8) is 0 Å². The van der Waals surface area contributed by atoms with Crippen LogP contribution in [0.1, 0.15) is 118 Å². The first kappa shape index (κ1) is 43.3. The maximum Gasteiger partial charge on any atom is 0.226 e. The summed E-state index contributed by atoms with van der Waals surface area (Å²) in [5.74, 6) is 0.190. The minimum Gasteiger partial charge on any atom is -0.454 e. The Hall–Kier alpha value is -6.72. The van der Waals surface area contributed by atoms with Crippen molar-refractivity contribution < 1.29 is 4.42 Å². The number of allylic oxidation sites excluding steroid dienone is 8. The Labute approximate surface area is 414 Å². The lowest BCUT2D eigenvalue weighted by Gasteiger charge is -2.47. The molecule has 4 nitrogen and oxygen atoms in total. The van der Waals surface area contributed by atoms with Crippen LogP contribution >= 0.6 is 0 Å². The van der Waals surface area contributed by atoms with Crippen LogP contribution in [0, 0.1) is 5.41 Å². The predicted molar refractivity (Wildman–Crippen MR) is 299 cm³/mol. The highest BCUT2D eigenvalue weighted by atomic mass is 16.3. The number of para-hydroxylation sites is 3. The van der Waals surface area contributed by atoms with E-state index in [9.17, 15) is 0 Å². The van der Waals surface area contributed by atoms with Crippen molar-refractivity contribution in [3.8, 4) is 5.69 Å². The second kappa shape index (κ2) is 14.7. The molecule has 1 atom stereocenters. The highest BCUT2D eigenvalue weighted by Gasteiger charge is 2.52. The number of furan rings is 1. The van der Waals surface area contributed by atoms with Gasteiger partial charge in [0.25, 0.3) is 0 Å². The molecule has 13 rings (SSSR count). The molecule has 4 heterocycles. The van der Waals surface area contributed by atoms with Crippen molar-refractivity contribution in [1.29, 1.82) is 0 Å². The van der Waals surface area contributed by atoms with Gasteiger partial charge in [-0.2, -0.15) is 0 Å². The van der Waals surface area contributed by atoms with Gasteiger partial charge in [0.2, 0.25) is 6.71 Å². The molecule has 0 radical (unpaired) electrons. The van der Waals surface area contributed by atoms with Gasteiger partial charge in [0.15, 0.2) is 5.58 Å². The van der Waals surface area contributed by atoms with Crippen LogP contribution in [0.25, 0.3) is 44.1 Å². The number of anilines is 5. The maximum absolute atomic E-state index is 7.04. The van der Waals surface area contributed by atoms with E-state index in [-0.39, 0.29) is 34.2 Å². The molecular weight excluding hydrogens is 850 g/mol. The molecule has 5 aliphatic rings. The Balaban J connectivity index is 1.18. The molecule has 0 amide bonds. The largest absolute Gasteiger partial charge is 0.454 e. The number of rotatable bonds is 4. The molecule has 348 valence electrons. The smallest absolute Gasteiger partial charge is 0.226 e. The molecule has 8 aromatic rings. The normalized spacial score (nSPS) is 18.0. The number of nitrogens with zero attached hydrogens (tertiary/aromatic N) is 3. The SMILES string of the molecule is CC(C)(C)C1=CCC2B3c4c(cc(N(c5ccc(C(C)(C)C)cc5)c5ccc(C(C)(C)C)cc5)cc4-n4c5c(c6cccc3c64)C3=CCCC=C3C5(C)C)N(c3cccc4c3oc3ccccc34)C2=C1. The quantitative estimate of drug-likeness (QED) is 0.164. The predicted octanol–water partition coefficient (Wildman–Crippen LogP) is 16.7. The zero-order valence-electron chi connectivity index (χ0n) is 42.9. The standard InChI is InChI=1S/C65H64BN3O/c1-62(2,3)39-26-31-42(32-27-39)67(43-33-28-40(29-34-43)63(4,5)6)44-37-54-58-55(38-44)69-59-48(57-47-19-12-14-22-49(47)65(10,11)61(57)69)21-16-23-51(59)66(58)50-35-30-41(64(7,8)9)36-53(50)68(54)52-24-17-20-46-45-18-13-15-25-56(45)70-60(46)52/h13,15-34,36-38,50H,12,14,35H2,1-11H3. The van der Waals surface area contributed by atoms with Gasteiger partial charge in [-0.1, -0.05) is 167 Å². The summed E-state index contributed by atoms with van der Waals surface area (Å²) in [6, 6.07) is 46.3. The number of aromatic nitrogens is 1. The van der Waals surface area contributed by atoms with Crippen molar-refractivity contribution in [2.24, 2.45) is 5.41 Å². The van der Waals surface area contributed by atoms with Gasteiger partial charge in [0, 0.05) is 66.8 Å². The van der Waals surface area contributed by atoms with Crippen LogP contribution < -0.4 is 20.7 Å². The number of benzene rings is 6. The second-order valence-corrected chi connectivity index (χ2v) is 24.5. The van der Waals surface area contributed by atoms with Gasteiger partial charge in [-0.25, -0.2) is 0 Å². The first-order valence-corrected chi connectivity index (χ1v) is 25.8. The maximum atomic E-state index is 7.04. The summed E-state index contributed by atoms with van der Waals surface area (Å²) in [4.78, 5) is 5.16. The molecule has 3 aliphatic carbocycles. The van der Waals surface area contributed by atoms with E-state index >= 15 is 0 Å². The van der Waals surface area contributed by atoms with Crippen LogP contribution in [0.2, 0.25) is 5.82 Å². The Morgan fingerprint density at radius 1 is 0.614 bits per heavy atom. The molecular formula is C65H64BN3O. The van der Waals surface area contributed by atoms with Crippen molar-refractivity contribution >= 4 is 84.5 Å². The van der Waals surface area contributed by atoms with E-state index in [2.05, 4.69) is 236 Å². The van der Waals surface area contributed by atoms with Crippen LogP contribution in [0.3, 0.4) is 0 Å². The average Bonchev–Trinajstić information content (AvgIpc) is 3.97. The summed E-state index contributed by atoms with van der Waals surface area (Å²) in [5, 5.41) is 3.66. The van der Waals surface area contributed by atoms with Crippen LogP contribution in [0.5, 0.6) is 0 Å². The van der Waals surface area contributed by atoms with E-state index in [1.807, 2.05) is 0 Å². The second-order valence-electron chi connectivity index (χ2n) is 24.5. The number of fused-ring (bicyclic) bond motifs is 12. The lowest BCUT2D eigenvalue weighted by Crippen LogP contribution is -2.57. The minimum absolute atomic E-state index is 0.0218. The zero-order valence-corrected chi connectivity index (χ0v) is 42.9. The van der Waals surface area contributed by atoms with Crippen LogP contribution in [-0.4, -0.2) is 11.3 Å². The lowest BCUT2D eigenvalue weighted by molar-refractivity contribution is 0.510. The van der Waals surface area contributed by atoms with Gasteiger partial charge in [0.1, 0.15) is 5.58 Å². The van der Waals surface area contributed by atoms with Gasteiger partial charge in [-0.15, -0.1) is 0 Å². The summed E-state index contributed by atoms with van der Waals surface area (Å²) >= 11 is 0. The van der Waals surface area contributed by atoms with Crippen molar-refractivity contribution in [2.45, 2.75) is 117 Å². The van der Waals surface area contributed by atoms with Crippen molar-refractivity contribution in [2.75, 3.05) is 9.80 Å². The topological polar surface area (TPSA) is 24.6 Å². The molecule has 2 aliphatic heterocycles. The molecule has 1 unspecified atom stereocenters. The number of hydrogen-bond acceptors (Lipinski definition) is 3. The van der Waals surface area contributed by atoms with E-state index in [1.165, 1.54) is 78.0 Å². The summed E-state index contributed by atoms with van der Waals surface area (Å²) in [7, 11) is 0. The Kier molecular flexibility index (Phi) is 9.08. The summed E-state index contributed by atoms with van der Waals surface area (Å²) in [6.07, 6.45) is 13.3. The van der Waals surface area contributed by atoms with Gasteiger partial charge in [-0.05, 0) is 135 Å². The number of hydrogen-bond donors (Lipinski definition) is 0. The van der Waals surface area contributed by atoms with Gasteiger partial charge in [-0.3, -0.25) is 0 Å². The Morgan fingerprint density at radius 3 is 1.93 bits per heavy atom. The van der Waals surface area contributed by atoms with E-state index < -0.39 is 0 Å². The van der Waals surface area contributed by atoms with Crippen LogP contribution in [-0.2, 0) is 16.2 Å². The summed E-state index contributed by atoms with van der Waals surface area (Å²) in [5.41, 5.74) is 23.9. The van der Waals surface area contributed by atoms with Crippen molar-refractivity contribution in [1.82, 2.24) is 4.57 Å². The fraction of sp³-hybridized carbons (Fsp3) is 0.292. The van der Waals surface area contributed by atoms with Crippen LogP contribution in [0.15, 0.2) is 167 Å². The third kappa shape index (κ3) is 6.15. The fourth-order valence-corrected chi connectivity index (χ4v) is 13.1. The zero-order chi connectivity index (χ0) is 48.4. The van der Waals surface area contributed by atoms with Gasteiger partial charge in [0.05, 0.1) is 11.4 Å². The minimum atomic E-state index is -0.201. The molecule has 0 saturated carbocycles. The average molecular weight is 914 g/mol. The Bertz CT molecular complexity index is 3600.